The molecule has 1 aromatic carbocycles. The van der Waals surface area contributed by atoms with Crippen LogP contribution in [0, 0.1) is 6.92 Å². The third-order valence-electron chi connectivity index (χ3n) is 2.79. The Hall–Kier alpha value is -1.81. The fourth-order valence-corrected chi connectivity index (χ4v) is 2.63. The molecular weight excluding hydrogens is 244 g/mol. The summed E-state index contributed by atoms with van der Waals surface area (Å²) >= 11 is 1.41. The number of aryl methyl sites for hydroxylation is 1. The van der Waals surface area contributed by atoms with Gasteiger partial charge in [-0.3, -0.25) is 4.79 Å². The molecule has 0 unspecified atom stereocenters. The molecule has 2 rings (SSSR count). The number of rotatable bonds is 4. The highest BCUT2D eigenvalue weighted by atomic mass is 32.1. The maximum absolute atomic E-state index is 11.3. The molecule has 3 N–H and O–H groups in total. The number of hydrogen-bond acceptors (Lipinski definition) is 4. The molecule has 18 heavy (non-hydrogen) atoms. The van der Waals surface area contributed by atoms with Gasteiger partial charge in [-0.25, -0.2) is 0 Å². The minimum Gasteiger partial charge on any atom is -0.397 e. The van der Waals surface area contributed by atoms with Gasteiger partial charge >= 0.3 is 0 Å². The summed E-state index contributed by atoms with van der Waals surface area (Å²) in [6.07, 6.45) is 0. The molecule has 0 saturated heterocycles. The molecule has 0 fully saturated rings. The fraction of sp³-hybridized carbons (Fsp3) is 0.214. The summed E-state index contributed by atoms with van der Waals surface area (Å²) in [6, 6.07) is 10.0. The third kappa shape index (κ3) is 2.71. The van der Waals surface area contributed by atoms with Crippen molar-refractivity contribution in [2.75, 3.05) is 11.1 Å². The Bertz CT molecular complexity index is 575. The lowest BCUT2D eigenvalue weighted by atomic mass is 10.1. The molecule has 4 heteroatoms. The fourth-order valence-electron chi connectivity index (χ4n) is 1.76. The van der Waals surface area contributed by atoms with E-state index in [1.54, 1.807) is 0 Å². The van der Waals surface area contributed by atoms with Crippen molar-refractivity contribution in [3.63, 3.8) is 0 Å². The van der Waals surface area contributed by atoms with E-state index in [2.05, 4.69) is 24.4 Å². The number of ketones is 1. The van der Waals surface area contributed by atoms with E-state index in [1.807, 2.05) is 18.2 Å². The van der Waals surface area contributed by atoms with Gasteiger partial charge in [0.25, 0.3) is 0 Å². The largest absolute Gasteiger partial charge is 0.397 e. The van der Waals surface area contributed by atoms with E-state index >= 15 is 0 Å². The lowest BCUT2D eigenvalue weighted by Crippen LogP contribution is -1.99. The van der Waals surface area contributed by atoms with Gasteiger partial charge in [0.2, 0.25) is 0 Å². The van der Waals surface area contributed by atoms with Crippen LogP contribution in [0.3, 0.4) is 0 Å². The van der Waals surface area contributed by atoms with Gasteiger partial charge in [-0.15, -0.1) is 11.3 Å². The first kappa shape index (κ1) is 12.6. The van der Waals surface area contributed by atoms with Crippen molar-refractivity contribution in [3.05, 3.63) is 46.3 Å². The van der Waals surface area contributed by atoms with Crippen LogP contribution in [-0.4, -0.2) is 5.78 Å². The zero-order chi connectivity index (χ0) is 13.1. The Kier molecular flexibility index (Phi) is 3.67. The van der Waals surface area contributed by atoms with Crippen LogP contribution in [0.15, 0.2) is 30.3 Å². The van der Waals surface area contributed by atoms with E-state index in [0.29, 0.717) is 10.6 Å². The summed E-state index contributed by atoms with van der Waals surface area (Å²) in [6.45, 7) is 4.36. The van der Waals surface area contributed by atoms with E-state index in [-0.39, 0.29) is 5.78 Å². The highest BCUT2D eigenvalue weighted by Gasteiger charge is 2.10. The number of Topliss-reactive ketones (excluding diaryl/α,β-unsaturated/α-hetero) is 1. The minimum atomic E-state index is 0.0152. The highest BCUT2D eigenvalue weighted by Crippen LogP contribution is 2.29. The SMILES string of the molecule is CC(=O)c1sc(NCc2ccccc2C)cc1N. The third-order valence-corrected chi connectivity index (χ3v) is 4.00. The highest BCUT2D eigenvalue weighted by molar-refractivity contribution is 7.18. The van der Waals surface area contributed by atoms with Crippen LogP contribution >= 0.6 is 11.3 Å². The lowest BCUT2D eigenvalue weighted by molar-refractivity contribution is 0.102. The van der Waals surface area contributed by atoms with Crippen LogP contribution in [0.4, 0.5) is 10.7 Å². The van der Waals surface area contributed by atoms with Gasteiger partial charge in [-0.2, -0.15) is 0 Å². The van der Waals surface area contributed by atoms with Crippen molar-refractivity contribution in [1.82, 2.24) is 0 Å². The quantitative estimate of drug-likeness (QED) is 0.828. The van der Waals surface area contributed by atoms with Gasteiger partial charge < -0.3 is 11.1 Å². The van der Waals surface area contributed by atoms with Crippen LogP contribution < -0.4 is 11.1 Å². The smallest absolute Gasteiger partial charge is 0.171 e. The number of thiophene rings is 1. The second-order valence-electron chi connectivity index (χ2n) is 4.23. The van der Waals surface area contributed by atoms with Crippen molar-refractivity contribution in [2.24, 2.45) is 0 Å². The lowest BCUT2D eigenvalue weighted by Gasteiger charge is -2.06. The molecule has 94 valence electrons. The molecule has 0 aliphatic rings. The van der Waals surface area contributed by atoms with Crippen LogP contribution in [0.2, 0.25) is 0 Å². The van der Waals surface area contributed by atoms with E-state index in [0.717, 1.165) is 11.5 Å². The number of hydrogen-bond donors (Lipinski definition) is 2. The molecular formula is C14H16N2OS. The first-order valence-electron chi connectivity index (χ1n) is 5.76. The molecule has 0 aliphatic carbocycles. The Morgan fingerprint density at radius 3 is 2.72 bits per heavy atom. The van der Waals surface area contributed by atoms with Crippen LogP contribution in [0.1, 0.15) is 27.7 Å². The van der Waals surface area contributed by atoms with Gasteiger partial charge in [-0.1, -0.05) is 24.3 Å². The summed E-state index contributed by atoms with van der Waals surface area (Å²) in [5.74, 6) is 0.0152. The molecule has 0 spiro atoms. The van der Waals surface area contributed by atoms with Gasteiger partial charge in [-0.05, 0) is 24.1 Å². The van der Waals surface area contributed by atoms with Crippen molar-refractivity contribution < 1.29 is 4.79 Å². The standard InChI is InChI=1S/C14H16N2OS/c1-9-5-3-4-6-11(9)8-16-13-7-12(15)14(18-13)10(2)17/h3-7,16H,8,15H2,1-2H3. The first-order valence-corrected chi connectivity index (χ1v) is 6.58. The predicted molar refractivity (Wildman–Crippen MR) is 77.2 cm³/mol. The zero-order valence-electron chi connectivity index (χ0n) is 10.5. The maximum atomic E-state index is 11.3. The molecule has 0 saturated carbocycles. The average molecular weight is 260 g/mol. The predicted octanol–water partition coefficient (Wildman–Crippen LogP) is 3.45. The normalized spacial score (nSPS) is 10.3. The second kappa shape index (κ2) is 5.23. The number of benzene rings is 1. The Morgan fingerprint density at radius 1 is 1.39 bits per heavy atom. The van der Waals surface area contributed by atoms with Crippen LogP contribution in [0.25, 0.3) is 0 Å². The molecule has 1 heterocycles. The molecule has 0 amide bonds. The number of nitrogen functional groups attached to an aromatic ring is 1. The summed E-state index contributed by atoms with van der Waals surface area (Å²) in [7, 11) is 0. The number of carbonyl (C=O) groups is 1. The maximum Gasteiger partial charge on any atom is 0.171 e. The van der Waals surface area contributed by atoms with Gasteiger partial charge in [0.05, 0.1) is 15.6 Å². The summed E-state index contributed by atoms with van der Waals surface area (Å²) in [5.41, 5.74) is 8.84. The first-order chi connectivity index (χ1) is 8.58. The van der Waals surface area contributed by atoms with Crippen LogP contribution in [-0.2, 0) is 6.54 Å². The van der Waals surface area contributed by atoms with E-state index in [9.17, 15) is 4.79 Å². The number of nitrogens with two attached hydrogens (primary N) is 1. The topological polar surface area (TPSA) is 55.1 Å². The Morgan fingerprint density at radius 2 is 2.11 bits per heavy atom. The van der Waals surface area contributed by atoms with Crippen molar-refractivity contribution >= 4 is 27.8 Å². The Balaban J connectivity index is 2.09. The summed E-state index contributed by atoms with van der Waals surface area (Å²) in [4.78, 5) is 11.9. The number of carbonyl (C=O) groups excluding carboxylic acids is 1. The van der Waals surface area contributed by atoms with E-state index in [4.69, 9.17) is 5.73 Å². The molecule has 1 aromatic heterocycles. The minimum absolute atomic E-state index is 0.0152. The molecule has 0 aliphatic heterocycles. The van der Waals surface area contributed by atoms with Crippen molar-refractivity contribution in [3.8, 4) is 0 Å². The number of anilines is 2. The zero-order valence-corrected chi connectivity index (χ0v) is 11.3. The second-order valence-corrected chi connectivity index (χ2v) is 5.28. The molecule has 2 aromatic rings. The monoisotopic (exact) mass is 260 g/mol. The summed E-state index contributed by atoms with van der Waals surface area (Å²) < 4.78 is 0. The molecule has 0 atom stereocenters. The van der Waals surface area contributed by atoms with E-state index < -0.39 is 0 Å². The van der Waals surface area contributed by atoms with E-state index in [1.165, 1.54) is 29.4 Å². The number of nitrogens with one attached hydrogen (secondary N) is 1. The average Bonchev–Trinajstić information content (AvgIpc) is 2.70. The summed E-state index contributed by atoms with van der Waals surface area (Å²) in [5, 5.41) is 4.24. The molecule has 0 bridgehead atoms. The Labute approximate surface area is 111 Å². The van der Waals surface area contributed by atoms with Crippen molar-refractivity contribution in [2.45, 2.75) is 20.4 Å². The van der Waals surface area contributed by atoms with Gasteiger partial charge in [0.15, 0.2) is 5.78 Å². The van der Waals surface area contributed by atoms with Gasteiger partial charge in [0.1, 0.15) is 0 Å². The molecule has 3 nitrogen and oxygen atoms in total. The van der Waals surface area contributed by atoms with Crippen LogP contribution in [0.5, 0.6) is 0 Å². The van der Waals surface area contributed by atoms with Crippen molar-refractivity contribution in [1.29, 1.82) is 0 Å². The van der Waals surface area contributed by atoms with Gasteiger partial charge in [0, 0.05) is 13.5 Å². The molecule has 0 radical (unpaired) electrons.